The number of nitrogens with zero attached hydrogens (tertiary/aromatic N) is 2. The van der Waals surface area contributed by atoms with Gasteiger partial charge in [-0.15, -0.1) is 0 Å². The Morgan fingerprint density at radius 1 is 1.15 bits per heavy atom. The fraction of sp³-hybridized carbons (Fsp3) is 0.286. The zero-order chi connectivity index (χ0) is 14.4. The molecule has 2 rings (SSSR count). The summed E-state index contributed by atoms with van der Waals surface area (Å²) in [6.45, 7) is 3.00. The molecule has 1 heterocycles. The molecule has 0 aliphatic rings. The van der Waals surface area contributed by atoms with Gasteiger partial charge in [-0.25, -0.2) is 9.97 Å². The average molecular weight is 336 g/mol. The van der Waals surface area contributed by atoms with Crippen molar-refractivity contribution in [2.45, 2.75) is 19.8 Å². The summed E-state index contributed by atoms with van der Waals surface area (Å²) in [6.07, 6.45) is 3.72. The van der Waals surface area contributed by atoms with Crippen LogP contribution in [0.2, 0.25) is 0 Å². The summed E-state index contributed by atoms with van der Waals surface area (Å²) in [5.41, 5.74) is 7.55. The molecule has 1 aromatic carbocycles. The van der Waals surface area contributed by atoms with Gasteiger partial charge in [0.25, 0.3) is 0 Å². The second kappa shape index (κ2) is 7.09. The molecule has 0 aliphatic heterocycles. The first kappa shape index (κ1) is 14.6. The highest BCUT2D eigenvalue weighted by atomic mass is 79.9. The van der Waals surface area contributed by atoms with Crippen molar-refractivity contribution < 1.29 is 0 Å². The quantitative estimate of drug-likeness (QED) is 0.700. The number of nitrogen functional groups attached to an aromatic ring is 1. The lowest BCUT2D eigenvalue weighted by molar-refractivity contribution is 0.831. The molecule has 0 radical (unpaired) electrons. The zero-order valence-corrected chi connectivity index (χ0v) is 12.9. The second-order valence-electron chi connectivity index (χ2n) is 4.40. The van der Waals surface area contributed by atoms with Crippen molar-refractivity contribution in [2.24, 2.45) is 0 Å². The van der Waals surface area contributed by atoms with Gasteiger partial charge in [0.2, 0.25) is 0 Å². The Kier molecular flexibility index (Phi) is 5.17. The fourth-order valence-corrected chi connectivity index (χ4v) is 1.95. The molecule has 1 aromatic heterocycles. The van der Waals surface area contributed by atoms with Crippen LogP contribution in [0.3, 0.4) is 0 Å². The molecule has 4 N–H and O–H groups in total. The zero-order valence-electron chi connectivity index (χ0n) is 11.4. The topological polar surface area (TPSA) is 75.9 Å². The molecule has 0 unspecified atom stereocenters. The van der Waals surface area contributed by atoms with E-state index >= 15 is 0 Å². The van der Waals surface area contributed by atoms with Gasteiger partial charge >= 0.3 is 0 Å². The van der Waals surface area contributed by atoms with Crippen molar-refractivity contribution in [3.8, 4) is 0 Å². The average Bonchev–Trinajstić information content (AvgIpc) is 2.45. The maximum absolute atomic E-state index is 6.08. The van der Waals surface area contributed by atoms with Gasteiger partial charge in [-0.05, 0) is 30.7 Å². The SMILES string of the molecule is CCCCNc1ncnc(Nc2ccc(Br)cc2)c1N. The molecule has 0 saturated heterocycles. The number of benzene rings is 1. The Morgan fingerprint density at radius 2 is 1.85 bits per heavy atom. The molecule has 2 aromatic rings. The molecular formula is C14H18BrN5. The molecule has 0 spiro atoms. The van der Waals surface area contributed by atoms with Gasteiger partial charge in [0.1, 0.15) is 12.0 Å². The predicted molar refractivity (Wildman–Crippen MR) is 87.3 cm³/mol. The number of anilines is 4. The van der Waals surface area contributed by atoms with Crippen molar-refractivity contribution in [2.75, 3.05) is 22.9 Å². The van der Waals surface area contributed by atoms with E-state index in [0.717, 1.165) is 29.5 Å². The minimum atomic E-state index is 0.534. The van der Waals surface area contributed by atoms with Crippen molar-refractivity contribution in [1.82, 2.24) is 9.97 Å². The number of unbranched alkanes of at least 4 members (excludes halogenated alkanes) is 1. The lowest BCUT2D eigenvalue weighted by atomic mass is 10.3. The summed E-state index contributed by atoms with van der Waals surface area (Å²) < 4.78 is 1.03. The first-order valence-electron chi connectivity index (χ1n) is 6.57. The lowest BCUT2D eigenvalue weighted by Crippen LogP contribution is -2.08. The van der Waals surface area contributed by atoms with Crippen molar-refractivity contribution in [3.05, 3.63) is 35.1 Å². The summed E-state index contributed by atoms with van der Waals surface area (Å²) in [6, 6.07) is 7.83. The van der Waals surface area contributed by atoms with Gasteiger partial charge in [0.15, 0.2) is 11.6 Å². The fourth-order valence-electron chi connectivity index (χ4n) is 1.69. The molecule has 0 aliphatic carbocycles. The molecule has 0 fully saturated rings. The van der Waals surface area contributed by atoms with E-state index in [-0.39, 0.29) is 0 Å². The summed E-state index contributed by atoms with van der Waals surface area (Å²) in [5, 5.41) is 6.42. The Labute approximate surface area is 127 Å². The van der Waals surface area contributed by atoms with E-state index < -0.39 is 0 Å². The van der Waals surface area contributed by atoms with Crippen LogP contribution >= 0.6 is 15.9 Å². The van der Waals surface area contributed by atoms with Gasteiger partial charge in [-0.3, -0.25) is 0 Å². The van der Waals surface area contributed by atoms with Crippen LogP contribution in [0.1, 0.15) is 19.8 Å². The van der Waals surface area contributed by atoms with Gasteiger partial charge in [-0.1, -0.05) is 29.3 Å². The standard InChI is InChI=1S/C14H18BrN5/c1-2-3-8-17-13-12(16)14(19-9-18-13)20-11-6-4-10(15)5-7-11/h4-7,9H,2-3,8,16H2,1H3,(H2,17,18,19,20). The number of nitrogens with two attached hydrogens (primary N) is 1. The highest BCUT2D eigenvalue weighted by Gasteiger charge is 2.07. The molecule has 5 nitrogen and oxygen atoms in total. The number of hydrogen-bond donors (Lipinski definition) is 3. The largest absolute Gasteiger partial charge is 0.393 e. The van der Waals surface area contributed by atoms with Crippen molar-refractivity contribution in [1.29, 1.82) is 0 Å². The molecule has 106 valence electrons. The van der Waals surface area contributed by atoms with Gasteiger partial charge in [0, 0.05) is 16.7 Å². The van der Waals surface area contributed by atoms with Crippen LogP contribution in [-0.2, 0) is 0 Å². The van der Waals surface area contributed by atoms with E-state index in [9.17, 15) is 0 Å². The van der Waals surface area contributed by atoms with Crippen LogP contribution in [0.15, 0.2) is 35.1 Å². The Bertz CT molecular complexity index is 556. The third-order valence-corrected chi connectivity index (χ3v) is 3.34. The van der Waals surface area contributed by atoms with Gasteiger partial charge in [0.05, 0.1) is 0 Å². The number of halogens is 1. The maximum atomic E-state index is 6.08. The smallest absolute Gasteiger partial charge is 0.159 e. The molecular weight excluding hydrogens is 318 g/mol. The molecule has 0 amide bonds. The van der Waals surface area contributed by atoms with E-state index in [2.05, 4.69) is 43.5 Å². The Hall–Kier alpha value is -1.82. The van der Waals surface area contributed by atoms with Crippen LogP contribution in [0.5, 0.6) is 0 Å². The number of rotatable bonds is 6. The third kappa shape index (κ3) is 3.84. The monoisotopic (exact) mass is 335 g/mol. The second-order valence-corrected chi connectivity index (χ2v) is 5.31. The van der Waals surface area contributed by atoms with Crippen LogP contribution in [0, 0.1) is 0 Å². The number of nitrogens with one attached hydrogen (secondary N) is 2. The van der Waals surface area contributed by atoms with E-state index in [0.29, 0.717) is 17.3 Å². The summed E-state index contributed by atoms with van der Waals surface area (Å²) in [4.78, 5) is 8.36. The van der Waals surface area contributed by atoms with Crippen LogP contribution in [0.4, 0.5) is 23.0 Å². The van der Waals surface area contributed by atoms with Crippen LogP contribution in [0.25, 0.3) is 0 Å². The van der Waals surface area contributed by atoms with E-state index in [1.54, 1.807) is 0 Å². The van der Waals surface area contributed by atoms with Crippen LogP contribution in [-0.4, -0.2) is 16.5 Å². The Morgan fingerprint density at radius 3 is 2.55 bits per heavy atom. The highest BCUT2D eigenvalue weighted by molar-refractivity contribution is 9.10. The minimum Gasteiger partial charge on any atom is -0.393 e. The van der Waals surface area contributed by atoms with E-state index in [1.165, 1.54) is 6.33 Å². The lowest BCUT2D eigenvalue weighted by Gasteiger charge is -2.12. The van der Waals surface area contributed by atoms with Crippen LogP contribution < -0.4 is 16.4 Å². The Balaban J connectivity index is 2.11. The predicted octanol–water partition coefficient (Wildman–Crippen LogP) is 3.78. The molecule has 0 saturated carbocycles. The van der Waals surface area contributed by atoms with Gasteiger partial charge < -0.3 is 16.4 Å². The normalized spacial score (nSPS) is 10.3. The van der Waals surface area contributed by atoms with Crippen molar-refractivity contribution in [3.63, 3.8) is 0 Å². The van der Waals surface area contributed by atoms with E-state index in [4.69, 9.17) is 5.73 Å². The van der Waals surface area contributed by atoms with E-state index in [1.807, 2.05) is 24.3 Å². The first-order valence-corrected chi connectivity index (χ1v) is 7.37. The summed E-state index contributed by atoms with van der Waals surface area (Å²) >= 11 is 3.40. The third-order valence-electron chi connectivity index (χ3n) is 2.81. The minimum absolute atomic E-state index is 0.534. The molecule has 0 bridgehead atoms. The first-order chi connectivity index (χ1) is 9.70. The maximum Gasteiger partial charge on any atom is 0.159 e. The summed E-state index contributed by atoms with van der Waals surface area (Å²) in [7, 11) is 0. The molecule has 0 atom stereocenters. The number of aromatic nitrogens is 2. The highest BCUT2D eigenvalue weighted by Crippen LogP contribution is 2.26. The van der Waals surface area contributed by atoms with Gasteiger partial charge in [-0.2, -0.15) is 0 Å². The summed E-state index contributed by atoms with van der Waals surface area (Å²) in [5.74, 6) is 1.29. The number of hydrogen-bond acceptors (Lipinski definition) is 5. The van der Waals surface area contributed by atoms with Crippen molar-refractivity contribution >= 4 is 38.9 Å². The molecule has 20 heavy (non-hydrogen) atoms. The molecule has 6 heteroatoms.